The first-order valence-corrected chi connectivity index (χ1v) is 12.6. The highest BCUT2D eigenvalue weighted by Gasteiger charge is 2.46. The Balaban J connectivity index is 1.31. The van der Waals surface area contributed by atoms with Gasteiger partial charge in [0.2, 0.25) is 5.91 Å². The Bertz CT molecular complexity index is 1210. The van der Waals surface area contributed by atoms with Crippen molar-refractivity contribution in [3.8, 4) is 11.5 Å². The maximum absolute atomic E-state index is 14.1. The number of phenolic OH excluding ortho intramolecular Hbond substituents is 1. The van der Waals surface area contributed by atoms with Crippen molar-refractivity contribution in [2.45, 2.75) is 19.4 Å². The van der Waals surface area contributed by atoms with E-state index in [-0.39, 0.29) is 30.2 Å². The molecule has 0 aliphatic carbocycles. The van der Waals surface area contributed by atoms with E-state index in [1.54, 1.807) is 43.1 Å². The van der Waals surface area contributed by atoms with Gasteiger partial charge in [0, 0.05) is 52.3 Å². The normalized spacial score (nSPS) is 21.1. The van der Waals surface area contributed by atoms with Gasteiger partial charge in [0.1, 0.15) is 17.3 Å². The van der Waals surface area contributed by atoms with E-state index in [0.717, 1.165) is 44.7 Å². The number of phenols is 1. The number of nitrogens with zero attached hydrogens (tertiary/aromatic N) is 5. The summed E-state index contributed by atoms with van der Waals surface area (Å²) in [7, 11) is 1.75. The number of urea groups is 1. The highest BCUT2D eigenvalue weighted by atomic mass is 19.1. The van der Waals surface area contributed by atoms with Gasteiger partial charge in [0.15, 0.2) is 0 Å². The van der Waals surface area contributed by atoms with Crippen LogP contribution in [0.5, 0.6) is 11.5 Å². The Morgan fingerprint density at radius 3 is 2.68 bits per heavy atom. The summed E-state index contributed by atoms with van der Waals surface area (Å²) in [4.78, 5) is 31.0. The van der Waals surface area contributed by atoms with E-state index in [9.17, 15) is 19.1 Å². The zero-order chi connectivity index (χ0) is 26.1. The average Bonchev–Trinajstić information content (AvgIpc) is 3.28. The summed E-state index contributed by atoms with van der Waals surface area (Å²) in [5.74, 6) is 0.0461. The average molecular weight is 510 g/mol. The van der Waals surface area contributed by atoms with E-state index in [1.165, 1.54) is 17.1 Å². The number of carbonyl (C=O) groups excluding carboxylic acids is 2. The predicted molar refractivity (Wildman–Crippen MR) is 136 cm³/mol. The van der Waals surface area contributed by atoms with Gasteiger partial charge in [0.05, 0.1) is 24.3 Å². The highest BCUT2D eigenvalue weighted by molar-refractivity contribution is 6.07. The SMILES string of the molecule is CC(=O)N1CCN(CCCN(C)C(=O)N2N=C3c4cc(F)ccc4OCC3C2c2cccc(O)c2)CC1. The quantitative estimate of drug-likeness (QED) is 0.670. The van der Waals surface area contributed by atoms with Crippen LogP contribution in [0, 0.1) is 11.7 Å². The molecule has 9 nitrogen and oxygen atoms in total. The molecule has 2 unspecified atom stereocenters. The van der Waals surface area contributed by atoms with Gasteiger partial charge >= 0.3 is 6.03 Å². The van der Waals surface area contributed by atoms with Crippen LogP contribution in [0.3, 0.4) is 0 Å². The molecular weight excluding hydrogens is 477 g/mol. The molecule has 0 radical (unpaired) electrons. The van der Waals surface area contributed by atoms with Crippen LogP contribution in [-0.4, -0.2) is 95.4 Å². The van der Waals surface area contributed by atoms with E-state index in [2.05, 4.69) is 4.90 Å². The number of amides is 3. The molecule has 3 amide bonds. The van der Waals surface area contributed by atoms with Crippen molar-refractivity contribution in [3.63, 3.8) is 0 Å². The summed E-state index contributed by atoms with van der Waals surface area (Å²) in [6.07, 6.45) is 0.782. The number of hydrogen-bond acceptors (Lipinski definition) is 6. The van der Waals surface area contributed by atoms with E-state index in [1.807, 2.05) is 11.0 Å². The van der Waals surface area contributed by atoms with Crippen molar-refractivity contribution in [2.24, 2.45) is 11.0 Å². The minimum atomic E-state index is -0.492. The van der Waals surface area contributed by atoms with E-state index in [0.29, 0.717) is 23.6 Å². The Morgan fingerprint density at radius 1 is 1.16 bits per heavy atom. The lowest BCUT2D eigenvalue weighted by Crippen LogP contribution is -2.48. The molecule has 0 saturated carbocycles. The van der Waals surface area contributed by atoms with Crippen LogP contribution in [-0.2, 0) is 4.79 Å². The molecule has 2 aromatic carbocycles. The van der Waals surface area contributed by atoms with Crippen LogP contribution < -0.4 is 4.74 Å². The van der Waals surface area contributed by atoms with Gasteiger partial charge in [-0.2, -0.15) is 5.10 Å². The molecule has 3 aliphatic heterocycles. The monoisotopic (exact) mass is 509 g/mol. The minimum absolute atomic E-state index is 0.0970. The Hall–Kier alpha value is -3.66. The van der Waals surface area contributed by atoms with E-state index < -0.39 is 11.9 Å². The molecule has 3 aliphatic rings. The topological polar surface area (TPSA) is 88.9 Å². The number of piperazine rings is 1. The van der Waals surface area contributed by atoms with Crippen LogP contribution in [0.25, 0.3) is 0 Å². The fourth-order valence-corrected chi connectivity index (χ4v) is 5.34. The molecule has 5 rings (SSSR count). The highest BCUT2D eigenvalue weighted by Crippen LogP contribution is 2.43. The van der Waals surface area contributed by atoms with Gasteiger partial charge < -0.3 is 19.6 Å². The van der Waals surface area contributed by atoms with Crippen LogP contribution in [0.2, 0.25) is 0 Å². The number of benzene rings is 2. The lowest BCUT2D eigenvalue weighted by molar-refractivity contribution is -0.130. The van der Waals surface area contributed by atoms with Crippen molar-refractivity contribution >= 4 is 17.6 Å². The third-order valence-electron chi connectivity index (χ3n) is 7.37. The number of ether oxygens (including phenoxy) is 1. The van der Waals surface area contributed by atoms with Crippen LogP contribution in [0.4, 0.5) is 9.18 Å². The van der Waals surface area contributed by atoms with Gasteiger partial charge in [-0.15, -0.1) is 0 Å². The molecular formula is C27H32FN5O4. The molecule has 10 heteroatoms. The second-order valence-corrected chi connectivity index (χ2v) is 9.83. The van der Waals surface area contributed by atoms with E-state index >= 15 is 0 Å². The Morgan fingerprint density at radius 2 is 1.95 bits per heavy atom. The number of aromatic hydroxyl groups is 1. The second kappa shape index (κ2) is 10.4. The van der Waals surface area contributed by atoms with Crippen molar-refractivity contribution in [3.05, 3.63) is 59.4 Å². The fraction of sp³-hybridized carbons (Fsp3) is 0.444. The summed E-state index contributed by atoms with van der Waals surface area (Å²) in [5, 5.41) is 16.3. The molecule has 196 valence electrons. The largest absolute Gasteiger partial charge is 0.508 e. The smallest absolute Gasteiger partial charge is 0.340 e. The first kappa shape index (κ1) is 25.0. The third kappa shape index (κ3) is 5.11. The lowest BCUT2D eigenvalue weighted by Gasteiger charge is -2.34. The van der Waals surface area contributed by atoms with Crippen molar-refractivity contribution in [1.82, 2.24) is 19.7 Å². The van der Waals surface area contributed by atoms with Crippen molar-refractivity contribution in [2.75, 3.05) is 52.9 Å². The number of fused-ring (bicyclic) bond motifs is 3. The van der Waals surface area contributed by atoms with Gasteiger partial charge in [0.25, 0.3) is 0 Å². The van der Waals surface area contributed by atoms with Gasteiger partial charge in [-0.25, -0.2) is 14.2 Å². The summed E-state index contributed by atoms with van der Waals surface area (Å²) in [6.45, 7) is 6.36. The molecule has 0 aromatic heterocycles. The molecule has 37 heavy (non-hydrogen) atoms. The van der Waals surface area contributed by atoms with Gasteiger partial charge in [-0.05, 0) is 48.9 Å². The summed E-state index contributed by atoms with van der Waals surface area (Å²) in [6, 6.07) is 10.4. The molecule has 2 aromatic rings. The van der Waals surface area contributed by atoms with E-state index in [4.69, 9.17) is 9.84 Å². The minimum Gasteiger partial charge on any atom is -0.508 e. The van der Waals surface area contributed by atoms with Crippen molar-refractivity contribution < 1.29 is 23.8 Å². The fourth-order valence-electron chi connectivity index (χ4n) is 5.34. The number of rotatable bonds is 5. The lowest BCUT2D eigenvalue weighted by atomic mass is 9.86. The molecule has 1 N–H and O–H groups in total. The zero-order valence-corrected chi connectivity index (χ0v) is 21.1. The first-order valence-electron chi connectivity index (χ1n) is 12.6. The molecule has 0 bridgehead atoms. The van der Waals surface area contributed by atoms with Gasteiger partial charge in [-0.1, -0.05) is 12.1 Å². The Labute approximate surface area is 215 Å². The number of carbonyl (C=O) groups is 2. The molecule has 1 fully saturated rings. The first-order chi connectivity index (χ1) is 17.8. The summed E-state index contributed by atoms with van der Waals surface area (Å²) < 4.78 is 20.0. The summed E-state index contributed by atoms with van der Waals surface area (Å²) >= 11 is 0. The maximum atomic E-state index is 14.1. The molecule has 1 saturated heterocycles. The molecule has 2 atom stereocenters. The van der Waals surface area contributed by atoms with Gasteiger partial charge in [-0.3, -0.25) is 9.69 Å². The van der Waals surface area contributed by atoms with Crippen LogP contribution >= 0.6 is 0 Å². The van der Waals surface area contributed by atoms with Crippen molar-refractivity contribution in [1.29, 1.82) is 0 Å². The standard InChI is InChI=1S/C27H32FN5O4/c1-18(34)32-13-11-31(12-14-32)10-4-9-30(2)27(36)33-26(19-5-3-6-21(35)15-19)23-17-37-24-8-7-20(28)16-22(24)25(23)29-33/h3,5-8,15-16,23,26,35H,4,9-14,17H2,1-2H3. The predicted octanol–water partition coefficient (Wildman–Crippen LogP) is 2.91. The molecule has 3 heterocycles. The second-order valence-electron chi connectivity index (χ2n) is 9.83. The van der Waals surface area contributed by atoms with Crippen LogP contribution in [0.15, 0.2) is 47.6 Å². The van der Waals surface area contributed by atoms with Crippen LogP contribution in [0.1, 0.15) is 30.5 Å². The molecule has 0 spiro atoms. The zero-order valence-electron chi connectivity index (χ0n) is 21.1. The third-order valence-corrected chi connectivity index (χ3v) is 7.37. The number of hydrazone groups is 1. The number of hydrogen-bond donors (Lipinski definition) is 1. The maximum Gasteiger partial charge on any atom is 0.340 e. The Kier molecular flexibility index (Phi) is 7.01. The number of halogens is 1. The summed E-state index contributed by atoms with van der Waals surface area (Å²) in [5.41, 5.74) is 1.89.